The zero-order chi connectivity index (χ0) is 25.8. The van der Waals surface area contributed by atoms with Gasteiger partial charge in [0.15, 0.2) is 5.12 Å². The second-order valence-electron chi connectivity index (χ2n) is 7.62. The van der Waals surface area contributed by atoms with Crippen molar-refractivity contribution in [2.75, 3.05) is 5.75 Å². The highest BCUT2D eigenvalue weighted by atomic mass is 32.2. The number of ether oxygens (including phenoxy) is 1. The Morgan fingerprint density at radius 1 is 1.23 bits per heavy atom. The number of allylic oxidation sites excluding steroid dienone is 2. The standard InChI is InChI=1S/C24H30N4O6S/c1-4-18-22(31)28-19(5-2)24(33)34-17(10-6-7-12-35-15(3)29)13-21(30)25-14-16-9-8-11-20(26-16)23(32)27-18/h4,6,8-11,17,19H,5,7,12-14H2,1-3H3,(H,25,30)(H,27,32)(H,28,31)/b10-6+,18-4-/t17-,19+/m1/s1. The second-order valence-corrected chi connectivity index (χ2v) is 8.89. The van der Waals surface area contributed by atoms with Gasteiger partial charge in [0.1, 0.15) is 23.5 Å². The maximum Gasteiger partial charge on any atom is 0.329 e. The van der Waals surface area contributed by atoms with Crippen LogP contribution in [0.1, 0.15) is 56.2 Å². The summed E-state index contributed by atoms with van der Waals surface area (Å²) in [6, 6.07) is 3.78. The van der Waals surface area contributed by atoms with E-state index in [0.29, 0.717) is 17.9 Å². The Bertz CT molecular complexity index is 1020. The fraction of sp³-hybridized carbons (Fsp3) is 0.417. The molecule has 2 bridgehead atoms. The molecule has 0 saturated carbocycles. The Morgan fingerprint density at radius 3 is 2.69 bits per heavy atom. The first-order valence-corrected chi connectivity index (χ1v) is 12.2. The zero-order valence-electron chi connectivity index (χ0n) is 20.0. The summed E-state index contributed by atoms with van der Waals surface area (Å²) in [4.78, 5) is 66.0. The van der Waals surface area contributed by atoms with Gasteiger partial charge < -0.3 is 20.7 Å². The van der Waals surface area contributed by atoms with E-state index in [1.807, 2.05) is 0 Å². The van der Waals surface area contributed by atoms with E-state index in [2.05, 4.69) is 20.9 Å². The van der Waals surface area contributed by atoms with Crippen molar-refractivity contribution in [1.82, 2.24) is 20.9 Å². The quantitative estimate of drug-likeness (QED) is 0.239. The molecule has 0 radical (unpaired) electrons. The topological polar surface area (TPSA) is 144 Å². The van der Waals surface area contributed by atoms with Gasteiger partial charge in [-0.1, -0.05) is 36.9 Å². The van der Waals surface area contributed by atoms with E-state index in [-0.39, 0.29) is 41.8 Å². The Kier molecular flexibility index (Phi) is 11.1. The van der Waals surface area contributed by atoms with Crippen LogP contribution in [0.5, 0.6) is 0 Å². The second kappa shape index (κ2) is 14.1. The lowest BCUT2D eigenvalue weighted by Crippen LogP contribution is -2.46. The first-order chi connectivity index (χ1) is 16.7. The Hall–Kier alpha value is -3.47. The van der Waals surface area contributed by atoms with Gasteiger partial charge in [0, 0.05) is 12.7 Å². The summed E-state index contributed by atoms with van der Waals surface area (Å²) in [7, 11) is 0. The monoisotopic (exact) mass is 502 g/mol. The van der Waals surface area contributed by atoms with Gasteiger partial charge in [0.2, 0.25) is 5.91 Å². The van der Waals surface area contributed by atoms with Gasteiger partial charge in [-0.25, -0.2) is 9.78 Å². The summed E-state index contributed by atoms with van der Waals surface area (Å²) in [6.45, 7) is 4.83. The van der Waals surface area contributed by atoms with Crippen molar-refractivity contribution in [2.45, 2.75) is 58.7 Å². The smallest absolute Gasteiger partial charge is 0.329 e. The number of hydrogen-bond donors (Lipinski definition) is 3. The molecule has 3 amide bonds. The molecule has 0 saturated heterocycles. The van der Waals surface area contributed by atoms with Gasteiger partial charge >= 0.3 is 5.97 Å². The molecule has 2 rings (SSSR count). The zero-order valence-corrected chi connectivity index (χ0v) is 20.8. The number of amides is 3. The number of fused-ring (bicyclic) bond motifs is 2. The first-order valence-electron chi connectivity index (χ1n) is 11.2. The normalized spacial score (nSPS) is 21.3. The fourth-order valence-electron chi connectivity index (χ4n) is 3.06. The van der Waals surface area contributed by atoms with Crippen LogP contribution < -0.4 is 16.0 Å². The van der Waals surface area contributed by atoms with Gasteiger partial charge in [-0.15, -0.1) is 0 Å². The van der Waals surface area contributed by atoms with Crippen LogP contribution in [0.4, 0.5) is 0 Å². The number of rotatable bonds is 5. The average Bonchev–Trinajstić information content (AvgIpc) is 2.83. The molecule has 0 aromatic carbocycles. The summed E-state index contributed by atoms with van der Waals surface area (Å²) >= 11 is 1.18. The molecule has 1 aromatic heterocycles. The number of esters is 1. The van der Waals surface area contributed by atoms with E-state index in [1.54, 1.807) is 38.1 Å². The molecule has 188 valence electrons. The van der Waals surface area contributed by atoms with Gasteiger partial charge in [-0.3, -0.25) is 19.2 Å². The van der Waals surface area contributed by atoms with E-state index in [4.69, 9.17) is 4.74 Å². The van der Waals surface area contributed by atoms with E-state index in [1.165, 1.54) is 30.8 Å². The van der Waals surface area contributed by atoms with Crippen molar-refractivity contribution < 1.29 is 28.7 Å². The number of pyridine rings is 1. The predicted octanol–water partition coefficient (Wildman–Crippen LogP) is 1.77. The Morgan fingerprint density at radius 2 is 2.00 bits per heavy atom. The van der Waals surface area contributed by atoms with E-state index >= 15 is 0 Å². The van der Waals surface area contributed by atoms with Crippen LogP contribution in [-0.4, -0.2) is 51.7 Å². The van der Waals surface area contributed by atoms with E-state index in [9.17, 15) is 24.0 Å². The molecule has 1 aliphatic heterocycles. The lowest BCUT2D eigenvalue weighted by atomic mass is 10.1. The predicted molar refractivity (Wildman–Crippen MR) is 131 cm³/mol. The number of carbonyl (C=O) groups is 5. The molecule has 0 aliphatic carbocycles. The van der Waals surface area contributed by atoms with Gasteiger partial charge in [0.05, 0.1) is 18.7 Å². The third kappa shape index (κ3) is 9.36. The molecule has 0 unspecified atom stereocenters. The van der Waals surface area contributed by atoms with Crippen LogP contribution in [0.3, 0.4) is 0 Å². The van der Waals surface area contributed by atoms with E-state index < -0.39 is 29.9 Å². The Balaban J connectivity index is 2.29. The largest absolute Gasteiger partial charge is 0.456 e. The molecule has 1 aliphatic rings. The molecular weight excluding hydrogens is 472 g/mol. The van der Waals surface area contributed by atoms with Crippen molar-refractivity contribution in [3.8, 4) is 0 Å². The maximum absolute atomic E-state index is 12.8. The molecule has 1 aromatic rings. The highest BCUT2D eigenvalue weighted by molar-refractivity contribution is 8.13. The van der Waals surface area contributed by atoms with Crippen molar-refractivity contribution in [3.63, 3.8) is 0 Å². The molecule has 11 heteroatoms. The number of nitrogens with one attached hydrogen (secondary N) is 3. The minimum Gasteiger partial charge on any atom is -0.456 e. The number of aromatic nitrogens is 1. The lowest BCUT2D eigenvalue weighted by molar-refractivity contribution is -0.151. The molecule has 10 nitrogen and oxygen atoms in total. The van der Waals surface area contributed by atoms with Crippen LogP contribution in [-0.2, 0) is 30.5 Å². The summed E-state index contributed by atoms with van der Waals surface area (Å²) in [5.41, 5.74) is 0.487. The van der Waals surface area contributed by atoms with Crippen molar-refractivity contribution in [1.29, 1.82) is 0 Å². The highest BCUT2D eigenvalue weighted by Gasteiger charge is 2.26. The molecular formula is C24H30N4O6S. The number of carbonyl (C=O) groups excluding carboxylic acids is 5. The summed E-state index contributed by atoms with van der Waals surface area (Å²) in [5, 5.41) is 7.79. The van der Waals surface area contributed by atoms with Crippen molar-refractivity contribution >= 4 is 40.6 Å². The highest BCUT2D eigenvalue weighted by Crippen LogP contribution is 2.10. The van der Waals surface area contributed by atoms with E-state index in [0.717, 1.165) is 0 Å². The van der Waals surface area contributed by atoms with Crippen LogP contribution in [0.25, 0.3) is 0 Å². The van der Waals surface area contributed by atoms with Crippen LogP contribution >= 0.6 is 11.8 Å². The van der Waals surface area contributed by atoms with Crippen LogP contribution in [0.2, 0.25) is 0 Å². The molecule has 35 heavy (non-hydrogen) atoms. The SMILES string of the molecule is C/C=C1\NC(=O)c2cccc(n2)CNC(=O)C[C@@H](/C=C/CCSC(C)=O)OC(=O)[C@H](CC)NC1=O. The van der Waals surface area contributed by atoms with Gasteiger partial charge in [-0.2, -0.15) is 0 Å². The van der Waals surface area contributed by atoms with Crippen molar-refractivity contribution in [3.05, 3.63) is 53.5 Å². The molecule has 2 heterocycles. The summed E-state index contributed by atoms with van der Waals surface area (Å²) in [6.07, 6.45) is 4.54. The minimum atomic E-state index is -0.990. The first kappa shape index (κ1) is 27.8. The van der Waals surface area contributed by atoms with Gasteiger partial charge in [0.25, 0.3) is 11.8 Å². The molecule has 0 fully saturated rings. The number of nitrogens with zero attached hydrogens (tertiary/aromatic N) is 1. The summed E-state index contributed by atoms with van der Waals surface area (Å²) < 4.78 is 5.54. The number of hydrogen-bond acceptors (Lipinski definition) is 8. The third-order valence-corrected chi connectivity index (χ3v) is 5.73. The Labute approximate surface area is 208 Å². The average molecular weight is 503 g/mol. The van der Waals surface area contributed by atoms with Gasteiger partial charge in [-0.05, 0) is 38.0 Å². The number of thioether (sulfide) groups is 1. The van der Waals surface area contributed by atoms with Crippen LogP contribution in [0, 0.1) is 0 Å². The molecule has 2 atom stereocenters. The molecule has 0 spiro atoms. The lowest BCUT2D eigenvalue weighted by Gasteiger charge is -2.21. The number of cyclic esters (lactones) is 1. The maximum atomic E-state index is 12.8. The third-order valence-electron chi connectivity index (χ3n) is 4.88. The van der Waals surface area contributed by atoms with Crippen LogP contribution in [0.15, 0.2) is 42.1 Å². The minimum absolute atomic E-state index is 0.00445. The fourth-order valence-corrected chi connectivity index (χ4v) is 3.60. The summed E-state index contributed by atoms with van der Waals surface area (Å²) in [5.74, 6) is -1.78. The molecule has 3 N–H and O–H groups in total. The van der Waals surface area contributed by atoms with Crippen molar-refractivity contribution in [2.24, 2.45) is 0 Å².